The van der Waals surface area contributed by atoms with Crippen LogP contribution in [0.4, 0.5) is 0 Å². The molecular formula is C24H28O2. The van der Waals surface area contributed by atoms with E-state index in [1.54, 1.807) is 0 Å². The summed E-state index contributed by atoms with van der Waals surface area (Å²) in [7, 11) is 0. The van der Waals surface area contributed by atoms with Crippen LogP contribution < -0.4 is 0 Å². The van der Waals surface area contributed by atoms with Gasteiger partial charge in [-0.1, -0.05) is 52.0 Å². The van der Waals surface area contributed by atoms with Crippen LogP contribution in [0.25, 0.3) is 11.1 Å². The lowest BCUT2D eigenvalue weighted by molar-refractivity contribution is 0.0959. The molecule has 0 N–H and O–H groups in total. The second kappa shape index (κ2) is 7.19. The van der Waals surface area contributed by atoms with Crippen molar-refractivity contribution in [1.82, 2.24) is 0 Å². The zero-order valence-electron chi connectivity index (χ0n) is 16.5. The molecule has 0 bridgehead atoms. The third kappa shape index (κ3) is 3.51. The van der Waals surface area contributed by atoms with E-state index < -0.39 is 0 Å². The number of hydrogen-bond donors (Lipinski definition) is 0. The van der Waals surface area contributed by atoms with Crippen molar-refractivity contribution < 1.29 is 9.59 Å². The first-order valence-corrected chi connectivity index (χ1v) is 9.60. The van der Waals surface area contributed by atoms with Gasteiger partial charge < -0.3 is 0 Å². The standard InChI is InChI=1S/C24H28O2/c1-14(2)10-23(25)17-6-7-20-18(12-17)13-22-16(5)19(8-9-21(20)22)24(26)11-15(3)4/h6-9,12,14-15H,10-11,13H2,1-5H3. The number of benzene rings is 2. The number of carbonyl (C=O) groups excluding carboxylic acids is 2. The van der Waals surface area contributed by atoms with E-state index in [9.17, 15) is 9.59 Å². The molecule has 0 atom stereocenters. The van der Waals surface area contributed by atoms with Crippen LogP contribution in [-0.2, 0) is 6.42 Å². The molecule has 26 heavy (non-hydrogen) atoms. The highest BCUT2D eigenvalue weighted by Crippen LogP contribution is 2.40. The summed E-state index contributed by atoms with van der Waals surface area (Å²) in [6.45, 7) is 10.3. The molecule has 0 aromatic heterocycles. The first-order valence-electron chi connectivity index (χ1n) is 9.60. The highest BCUT2D eigenvalue weighted by atomic mass is 16.1. The highest BCUT2D eigenvalue weighted by Gasteiger charge is 2.24. The topological polar surface area (TPSA) is 34.1 Å². The summed E-state index contributed by atoms with van der Waals surface area (Å²) in [5.41, 5.74) is 7.60. The van der Waals surface area contributed by atoms with Gasteiger partial charge in [-0.2, -0.15) is 0 Å². The van der Waals surface area contributed by atoms with Gasteiger partial charge in [0, 0.05) is 24.0 Å². The Balaban J connectivity index is 1.94. The summed E-state index contributed by atoms with van der Waals surface area (Å²) in [6, 6.07) is 10.1. The summed E-state index contributed by atoms with van der Waals surface area (Å²) in [6.07, 6.45) is 1.97. The SMILES string of the molecule is Cc1c(C(=O)CC(C)C)ccc2c1Cc1cc(C(=O)CC(C)C)ccc1-2. The molecule has 3 rings (SSSR count). The van der Waals surface area contributed by atoms with Crippen LogP contribution in [0, 0.1) is 18.8 Å². The lowest BCUT2D eigenvalue weighted by atomic mass is 9.92. The fourth-order valence-corrected chi connectivity index (χ4v) is 3.88. The minimum atomic E-state index is 0.211. The van der Waals surface area contributed by atoms with E-state index in [0.717, 1.165) is 23.1 Å². The van der Waals surface area contributed by atoms with E-state index in [0.29, 0.717) is 24.7 Å². The van der Waals surface area contributed by atoms with Crippen LogP contribution in [0.5, 0.6) is 0 Å². The van der Waals surface area contributed by atoms with Gasteiger partial charge in [0.15, 0.2) is 11.6 Å². The average molecular weight is 348 g/mol. The van der Waals surface area contributed by atoms with E-state index in [4.69, 9.17) is 0 Å². The van der Waals surface area contributed by atoms with Crippen molar-refractivity contribution in [2.45, 2.75) is 53.9 Å². The Morgan fingerprint density at radius 1 is 0.885 bits per heavy atom. The summed E-state index contributed by atoms with van der Waals surface area (Å²) in [4.78, 5) is 24.9. The van der Waals surface area contributed by atoms with Crippen LogP contribution in [0.15, 0.2) is 30.3 Å². The normalized spacial score (nSPS) is 12.4. The van der Waals surface area contributed by atoms with E-state index >= 15 is 0 Å². The molecule has 136 valence electrons. The molecule has 0 unspecified atom stereocenters. The molecule has 0 fully saturated rings. The molecule has 2 aromatic rings. The van der Waals surface area contributed by atoms with Crippen LogP contribution in [0.2, 0.25) is 0 Å². The zero-order valence-corrected chi connectivity index (χ0v) is 16.5. The Kier molecular flexibility index (Phi) is 5.13. The number of fused-ring (bicyclic) bond motifs is 3. The fraction of sp³-hybridized carbons (Fsp3) is 0.417. The van der Waals surface area contributed by atoms with Gasteiger partial charge >= 0.3 is 0 Å². The van der Waals surface area contributed by atoms with E-state index in [2.05, 4.69) is 52.8 Å². The average Bonchev–Trinajstić information content (AvgIpc) is 2.92. The lowest BCUT2D eigenvalue weighted by Crippen LogP contribution is -2.07. The van der Waals surface area contributed by atoms with E-state index in [-0.39, 0.29) is 11.6 Å². The van der Waals surface area contributed by atoms with Gasteiger partial charge in [0.25, 0.3) is 0 Å². The predicted octanol–water partition coefficient (Wildman–Crippen LogP) is 6.02. The van der Waals surface area contributed by atoms with Gasteiger partial charge in [-0.05, 0) is 59.1 Å². The fourth-order valence-electron chi connectivity index (χ4n) is 3.88. The van der Waals surface area contributed by atoms with Gasteiger partial charge in [0.05, 0.1) is 0 Å². The second-order valence-corrected chi connectivity index (χ2v) is 8.36. The Hall–Kier alpha value is -2.22. The third-order valence-corrected chi connectivity index (χ3v) is 5.17. The maximum atomic E-state index is 12.6. The van der Waals surface area contributed by atoms with Gasteiger partial charge in [-0.3, -0.25) is 9.59 Å². The van der Waals surface area contributed by atoms with Gasteiger partial charge in [0.1, 0.15) is 0 Å². The Bertz CT molecular complexity index is 872. The van der Waals surface area contributed by atoms with Gasteiger partial charge in [-0.15, -0.1) is 0 Å². The number of carbonyl (C=O) groups is 2. The van der Waals surface area contributed by atoms with Crippen molar-refractivity contribution in [3.8, 4) is 11.1 Å². The Morgan fingerprint density at radius 3 is 2.15 bits per heavy atom. The Morgan fingerprint density at radius 2 is 1.50 bits per heavy atom. The molecule has 0 heterocycles. The van der Waals surface area contributed by atoms with Crippen LogP contribution >= 0.6 is 0 Å². The maximum Gasteiger partial charge on any atom is 0.163 e. The van der Waals surface area contributed by atoms with E-state index in [1.165, 1.54) is 22.3 Å². The monoisotopic (exact) mass is 348 g/mol. The summed E-state index contributed by atoms with van der Waals surface area (Å²) in [5.74, 6) is 1.17. The highest BCUT2D eigenvalue weighted by molar-refractivity contribution is 6.00. The molecule has 2 nitrogen and oxygen atoms in total. The molecule has 0 amide bonds. The van der Waals surface area contributed by atoms with Crippen LogP contribution in [0.1, 0.15) is 77.9 Å². The minimum Gasteiger partial charge on any atom is -0.294 e. The number of rotatable bonds is 6. The number of Topliss-reactive ketones (excluding diaryl/α,β-unsaturated/α-hetero) is 2. The molecule has 0 spiro atoms. The van der Waals surface area contributed by atoms with Crippen molar-refractivity contribution >= 4 is 11.6 Å². The quantitative estimate of drug-likeness (QED) is 0.510. The third-order valence-electron chi connectivity index (χ3n) is 5.17. The van der Waals surface area contributed by atoms with Crippen molar-refractivity contribution in [3.63, 3.8) is 0 Å². The van der Waals surface area contributed by atoms with Crippen molar-refractivity contribution in [3.05, 3.63) is 58.1 Å². The Labute approximate surface area is 156 Å². The van der Waals surface area contributed by atoms with Crippen LogP contribution in [-0.4, -0.2) is 11.6 Å². The van der Waals surface area contributed by atoms with Gasteiger partial charge in [-0.25, -0.2) is 0 Å². The summed E-state index contributed by atoms with van der Waals surface area (Å²) < 4.78 is 0. The number of hydrogen-bond acceptors (Lipinski definition) is 2. The molecule has 0 radical (unpaired) electrons. The smallest absolute Gasteiger partial charge is 0.163 e. The predicted molar refractivity (Wildman–Crippen MR) is 107 cm³/mol. The number of ketones is 2. The van der Waals surface area contributed by atoms with Crippen LogP contribution in [0.3, 0.4) is 0 Å². The molecule has 1 aliphatic carbocycles. The first kappa shape index (κ1) is 18.6. The van der Waals surface area contributed by atoms with Crippen molar-refractivity contribution in [2.24, 2.45) is 11.8 Å². The lowest BCUT2D eigenvalue weighted by Gasteiger charge is -2.11. The molecule has 0 aliphatic heterocycles. The van der Waals surface area contributed by atoms with E-state index in [1.807, 2.05) is 12.1 Å². The zero-order chi connectivity index (χ0) is 19.0. The van der Waals surface area contributed by atoms with Gasteiger partial charge in [0.2, 0.25) is 0 Å². The maximum absolute atomic E-state index is 12.6. The summed E-state index contributed by atoms with van der Waals surface area (Å²) in [5, 5.41) is 0. The molecule has 2 heteroatoms. The second-order valence-electron chi connectivity index (χ2n) is 8.36. The molecule has 1 aliphatic rings. The molecule has 0 saturated carbocycles. The largest absolute Gasteiger partial charge is 0.294 e. The molecular weight excluding hydrogens is 320 g/mol. The summed E-state index contributed by atoms with van der Waals surface area (Å²) >= 11 is 0. The first-order chi connectivity index (χ1) is 12.3. The van der Waals surface area contributed by atoms with Crippen molar-refractivity contribution in [2.75, 3.05) is 0 Å². The minimum absolute atomic E-state index is 0.211. The van der Waals surface area contributed by atoms with Crippen molar-refractivity contribution in [1.29, 1.82) is 0 Å². The molecule has 0 saturated heterocycles. The molecule has 2 aromatic carbocycles.